The van der Waals surface area contributed by atoms with Crippen LogP contribution in [-0.4, -0.2) is 34.1 Å². The van der Waals surface area contributed by atoms with E-state index < -0.39 is 10.0 Å². The SMILES string of the molecule is COc1ccc2c(c1)C[C@@H](NS(=O)(=O)c1ccc(NC(C)=O)cc1)CO2. The molecule has 26 heavy (non-hydrogen) atoms. The highest BCUT2D eigenvalue weighted by atomic mass is 32.2. The van der Waals surface area contributed by atoms with Gasteiger partial charge in [0.25, 0.3) is 0 Å². The predicted molar refractivity (Wildman–Crippen MR) is 97.0 cm³/mol. The molecule has 2 aromatic rings. The number of hydrogen-bond acceptors (Lipinski definition) is 5. The van der Waals surface area contributed by atoms with Crippen molar-refractivity contribution < 1.29 is 22.7 Å². The lowest BCUT2D eigenvalue weighted by Gasteiger charge is -2.26. The van der Waals surface area contributed by atoms with E-state index in [-0.39, 0.29) is 23.5 Å². The number of nitrogens with one attached hydrogen (secondary N) is 2. The molecule has 8 heteroatoms. The summed E-state index contributed by atoms with van der Waals surface area (Å²) in [5.74, 6) is 1.22. The summed E-state index contributed by atoms with van der Waals surface area (Å²) in [5, 5.41) is 2.60. The van der Waals surface area contributed by atoms with E-state index in [0.717, 1.165) is 11.3 Å². The molecule has 138 valence electrons. The molecule has 0 saturated heterocycles. The van der Waals surface area contributed by atoms with Crippen molar-refractivity contribution in [2.24, 2.45) is 0 Å². The molecule has 1 atom stereocenters. The van der Waals surface area contributed by atoms with Crippen LogP contribution in [0.25, 0.3) is 0 Å². The Labute approximate surface area is 152 Å². The zero-order valence-corrected chi connectivity index (χ0v) is 15.3. The summed E-state index contributed by atoms with van der Waals surface area (Å²) in [7, 11) is -2.12. The van der Waals surface area contributed by atoms with Crippen LogP contribution >= 0.6 is 0 Å². The van der Waals surface area contributed by atoms with Crippen LogP contribution in [0.15, 0.2) is 47.4 Å². The Hall–Kier alpha value is -2.58. The van der Waals surface area contributed by atoms with Crippen molar-refractivity contribution in [3.05, 3.63) is 48.0 Å². The number of carbonyl (C=O) groups excluding carboxylic acids is 1. The van der Waals surface area contributed by atoms with Gasteiger partial charge in [0.05, 0.1) is 18.0 Å². The average Bonchev–Trinajstić information content (AvgIpc) is 2.60. The Morgan fingerprint density at radius 1 is 1.19 bits per heavy atom. The van der Waals surface area contributed by atoms with Gasteiger partial charge in [0.1, 0.15) is 18.1 Å². The highest BCUT2D eigenvalue weighted by Crippen LogP contribution is 2.29. The van der Waals surface area contributed by atoms with Crippen molar-refractivity contribution in [2.45, 2.75) is 24.3 Å². The first-order valence-electron chi connectivity index (χ1n) is 8.07. The summed E-state index contributed by atoms with van der Waals surface area (Å²) in [5.41, 5.74) is 1.43. The molecule has 0 spiro atoms. The normalized spacial score (nSPS) is 16.3. The zero-order chi connectivity index (χ0) is 18.7. The smallest absolute Gasteiger partial charge is 0.240 e. The van der Waals surface area contributed by atoms with Crippen molar-refractivity contribution in [3.8, 4) is 11.5 Å². The maximum absolute atomic E-state index is 12.6. The first-order chi connectivity index (χ1) is 12.4. The first kappa shape index (κ1) is 18.2. The second kappa shape index (κ2) is 7.35. The van der Waals surface area contributed by atoms with Crippen LogP contribution in [0.4, 0.5) is 5.69 Å². The van der Waals surface area contributed by atoms with E-state index in [9.17, 15) is 13.2 Å². The molecular weight excluding hydrogens is 356 g/mol. The summed E-state index contributed by atoms with van der Waals surface area (Å²) in [6.45, 7) is 1.64. The highest BCUT2D eigenvalue weighted by Gasteiger charge is 2.25. The van der Waals surface area contributed by atoms with E-state index in [4.69, 9.17) is 9.47 Å². The largest absolute Gasteiger partial charge is 0.497 e. The van der Waals surface area contributed by atoms with E-state index in [1.54, 1.807) is 25.3 Å². The molecule has 0 radical (unpaired) electrons. The molecule has 0 aliphatic carbocycles. The molecule has 2 aromatic carbocycles. The van der Waals surface area contributed by atoms with Gasteiger partial charge in [-0.3, -0.25) is 4.79 Å². The van der Waals surface area contributed by atoms with Gasteiger partial charge in [0.15, 0.2) is 0 Å². The minimum Gasteiger partial charge on any atom is -0.497 e. The van der Waals surface area contributed by atoms with Crippen LogP contribution in [0, 0.1) is 0 Å². The van der Waals surface area contributed by atoms with Crippen LogP contribution in [0.1, 0.15) is 12.5 Å². The van der Waals surface area contributed by atoms with Gasteiger partial charge < -0.3 is 14.8 Å². The predicted octanol–water partition coefficient (Wildman–Crippen LogP) is 1.94. The maximum Gasteiger partial charge on any atom is 0.240 e. The molecule has 1 heterocycles. The summed E-state index contributed by atoms with van der Waals surface area (Å²) >= 11 is 0. The van der Waals surface area contributed by atoms with E-state index in [0.29, 0.717) is 17.9 Å². The fraction of sp³-hybridized carbons (Fsp3) is 0.278. The number of amides is 1. The number of carbonyl (C=O) groups is 1. The molecule has 0 fully saturated rings. The Morgan fingerprint density at radius 3 is 2.58 bits per heavy atom. The monoisotopic (exact) mass is 376 g/mol. The van der Waals surface area contributed by atoms with Crippen LogP contribution < -0.4 is 19.5 Å². The van der Waals surface area contributed by atoms with Crippen molar-refractivity contribution >= 4 is 21.6 Å². The second-order valence-electron chi connectivity index (χ2n) is 6.01. The molecule has 2 N–H and O–H groups in total. The molecule has 7 nitrogen and oxygen atoms in total. The Kier molecular flexibility index (Phi) is 5.15. The molecule has 0 unspecified atom stereocenters. The summed E-state index contributed by atoms with van der Waals surface area (Å²) < 4.78 is 38.7. The van der Waals surface area contributed by atoms with Gasteiger partial charge in [-0.2, -0.15) is 0 Å². The Morgan fingerprint density at radius 2 is 1.92 bits per heavy atom. The number of sulfonamides is 1. The molecule has 3 rings (SSSR count). The number of methoxy groups -OCH3 is 1. The van der Waals surface area contributed by atoms with Crippen LogP contribution in [0.2, 0.25) is 0 Å². The first-order valence-corrected chi connectivity index (χ1v) is 9.55. The third-order valence-corrected chi connectivity index (χ3v) is 5.52. The Bertz CT molecular complexity index is 910. The van der Waals surface area contributed by atoms with E-state index >= 15 is 0 Å². The molecule has 0 saturated carbocycles. The fourth-order valence-electron chi connectivity index (χ4n) is 2.78. The van der Waals surface area contributed by atoms with Gasteiger partial charge in [0, 0.05) is 12.6 Å². The van der Waals surface area contributed by atoms with Gasteiger partial charge >= 0.3 is 0 Å². The molecule has 1 aliphatic rings. The second-order valence-corrected chi connectivity index (χ2v) is 7.73. The Balaban J connectivity index is 1.72. The van der Waals surface area contributed by atoms with Gasteiger partial charge in [-0.05, 0) is 54.4 Å². The van der Waals surface area contributed by atoms with E-state index in [1.807, 2.05) is 12.1 Å². The molecule has 1 aliphatic heterocycles. The van der Waals surface area contributed by atoms with Crippen LogP contribution in [0.5, 0.6) is 11.5 Å². The molecule has 0 bridgehead atoms. The van der Waals surface area contributed by atoms with E-state index in [1.165, 1.54) is 19.1 Å². The quantitative estimate of drug-likeness (QED) is 0.832. The fourth-order valence-corrected chi connectivity index (χ4v) is 4.00. The number of benzene rings is 2. The zero-order valence-electron chi connectivity index (χ0n) is 14.5. The number of hydrogen-bond donors (Lipinski definition) is 2. The van der Waals surface area contributed by atoms with Crippen LogP contribution in [-0.2, 0) is 21.2 Å². The van der Waals surface area contributed by atoms with Gasteiger partial charge in [-0.15, -0.1) is 0 Å². The highest BCUT2D eigenvalue weighted by molar-refractivity contribution is 7.89. The number of ether oxygens (including phenoxy) is 2. The average molecular weight is 376 g/mol. The van der Waals surface area contributed by atoms with Gasteiger partial charge in [0.2, 0.25) is 15.9 Å². The van der Waals surface area contributed by atoms with E-state index in [2.05, 4.69) is 10.0 Å². The van der Waals surface area contributed by atoms with Gasteiger partial charge in [-0.25, -0.2) is 13.1 Å². The van der Waals surface area contributed by atoms with Crippen molar-refractivity contribution in [1.82, 2.24) is 4.72 Å². The summed E-state index contributed by atoms with van der Waals surface area (Å²) in [4.78, 5) is 11.2. The lowest BCUT2D eigenvalue weighted by Crippen LogP contribution is -2.42. The molecule has 1 amide bonds. The molecule has 0 aromatic heterocycles. The minimum atomic E-state index is -3.70. The third kappa shape index (κ3) is 4.14. The molecular formula is C18H20N2O5S. The third-order valence-electron chi connectivity index (χ3n) is 3.98. The standard InChI is InChI=1S/C18H20N2O5S/c1-12(21)19-14-3-6-17(7-4-14)26(22,23)20-15-9-13-10-16(24-2)5-8-18(13)25-11-15/h3-8,10,15,20H,9,11H2,1-2H3,(H,19,21)/t15-/m1/s1. The number of anilines is 1. The topological polar surface area (TPSA) is 93.7 Å². The summed E-state index contributed by atoms with van der Waals surface area (Å²) in [6.07, 6.45) is 0.510. The van der Waals surface area contributed by atoms with Crippen molar-refractivity contribution in [1.29, 1.82) is 0 Å². The lowest BCUT2D eigenvalue weighted by molar-refractivity contribution is -0.114. The number of fused-ring (bicyclic) bond motifs is 1. The summed E-state index contributed by atoms with van der Waals surface area (Å²) in [6, 6.07) is 11.1. The van der Waals surface area contributed by atoms with Crippen LogP contribution in [0.3, 0.4) is 0 Å². The maximum atomic E-state index is 12.6. The lowest BCUT2D eigenvalue weighted by atomic mass is 10.0. The minimum absolute atomic E-state index is 0.128. The van der Waals surface area contributed by atoms with Gasteiger partial charge in [-0.1, -0.05) is 0 Å². The van der Waals surface area contributed by atoms with Crippen molar-refractivity contribution in [2.75, 3.05) is 19.0 Å². The van der Waals surface area contributed by atoms with Crippen molar-refractivity contribution in [3.63, 3.8) is 0 Å². The number of rotatable bonds is 5.